The molecule has 0 aromatic heterocycles. The first-order valence-corrected chi connectivity index (χ1v) is 6.81. The van der Waals surface area contributed by atoms with E-state index in [1.165, 1.54) is 10.0 Å². The van der Waals surface area contributed by atoms with E-state index in [1.54, 1.807) is 0 Å². The van der Waals surface area contributed by atoms with Gasteiger partial charge in [-0.15, -0.1) is 0 Å². The maximum atomic E-state index is 3.63. The molecule has 0 heterocycles. The summed E-state index contributed by atoms with van der Waals surface area (Å²) in [7, 11) is 0. The van der Waals surface area contributed by atoms with Gasteiger partial charge in [0.15, 0.2) is 0 Å². The van der Waals surface area contributed by atoms with Gasteiger partial charge in [-0.05, 0) is 28.9 Å². The third-order valence-corrected chi connectivity index (χ3v) is 4.88. The molecule has 0 nitrogen and oxygen atoms in total. The lowest BCUT2D eigenvalue weighted by Gasteiger charge is -2.05. The summed E-state index contributed by atoms with van der Waals surface area (Å²) in [6.45, 7) is 4.70. The lowest BCUT2D eigenvalue weighted by Crippen LogP contribution is -1.91. The highest BCUT2D eigenvalue weighted by atomic mass is 79.9. The molecule has 14 heavy (non-hydrogen) atoms. The minimum Gasteiger partial charge on any atom is -0.0925 e. The Morgan fingerprint density at radius 3 is 2.43 bits per heavy atom. The van der Waals surface area contributed by atoms with E-state index in [1.807, 2.05) is 0 Å². The molecule has 1 aromatic carbocycles. The highest BCUT2D eigenvalue weighted by molar-refractivity contribution is 9.10. The Balaban J connectivity index is 2.31. The van der Waals surface area contributed by atoms with E-state index in [4.69, 9.17) is 0 Å². The SMILES string of the molecule is CC1(C)C(CBr)C1c1ccccc1Br. The third-order valence-electron chi connectivity index (χ3n) is 3.46. The summed E-state index contributed by atoms with van der Waals surface area (Å²) in [5.74, 6) is 1.48. The summed E-state index contributed by atoms with van der Waals surface area (Å²) >= 11 is 7.23. The minimum absolute atomic E-state index is 0.452. The van der Waals surface area contributed by atoms with E-state index in [2.05, 4.69) is 70.0 Å². The molecule has 1 aromatic rings. The summed E-state index contributed by atoms with van der Waals surface area (Å²) in [6, 6.07) is 8.57. The van der Waals surface area contributed by atoms with Gasteiger partial charge in [0.1, 0.15) is 0 Å². The van der Waals surface area contributed by atoms with Crippen LogP contribution in [0.2, 0.25) is 0 Å². The summed E-state index contributed by atoms with van der Waals surface area (Å²) in [5.41, 5.74) is 1.91. The molecule has 2 atom stereocenters. The molecule has 0 bridgehead atoms. The van der Waals surface area contributed by atoms with Crippen LogP contribution in [0, 0.1) is 11.3 Å². The standard InChI is InChI=1S/C12H14Br2/c1-12(2)9(7-13)11(12)8-5-3-4-6-10(8)14/h3-6,9,11H,7H2,1-2H3. The van der Waals surface area contributed by atoms with Crippen LogP contribution in [0.1, 0.15) is 25.3 Å². The average molecular weight is 318 g/mol. The minimum atomic E-state index is 0.452. The third kappa shape index (κ3) is 1.57. The molecule has 1 aliphatic carbocycles. The maximum absolute atomic E-state index is 3.63. The Morgan fingerprint density at radius 2 is 1.93 bits per heavy atom. The van der Waals surface area contributed by atoms with E-state index >= 15 is 0 Å². The van der Waals surface area contributed by atoms with Gasteiger partial charge in [-0.2, -0.15) is 0 Å². The fraction of sp³-hybridized carbons (Fsp3) is 0.500. The number of halogens is 2. The maximum Gasteiger partial charge on any atom is 0.0210 e. The molecular weight excluding hydrogens is 304 g/mol. The molecule has 0 saturated heterocycles. The second-order valence-corrected chi connectivity index (χ2v) is 6.08. The zero-order valence-electron chi connectivity index (χ0n) is 8.43. The summed E-state index contributed by atoms with van der Waals surface area (Å²) in [6.07, 6.45) is 0. The molecule has 0 aliphatic heterocycles. The van der Waals surface area contributed by atoms with Crippen LogP contribution in [0.15, 0.2) is 28.7 Å². The second-order valence-electron chi connectivity index (χ2n) is 4.58. The van der Waals surface area contributed by atoms with Crippen molar-refractivity contribution in [1.29, 1.82) is 0 Å². The predicted molar refractivity (Wildman–Crippen MR) is 67.9 cm³/mol. The van der Waals surface area contributed by atoms with Crippen molar-refractivity contribution in [2.24, 2.45) is 11.3 Å². The monoisotopic (exact) mass is 316 g/mol. The van der Waals surface area contributed by atoms with Crippen LogP contribution >= 0.6 is 31.9 Å². The Hall–Kier alpha value is 0.180. The van der Waals surface area contributed by atoms with Gasteiger partial charge in [-0.1, -0.05) is 63.9 Å². The summed E-state index contributed by atoms with van der Waals surface area (Å²) in [4.78, 5) is 0. The van der Waals surface area contributed by atoms with Crippen molar-refractivity contribution < 1.29 is 0 Å². The van der Waals surface area contributed by atoms with Crippen LogP contribution in [0.3, 0.4) is 0 Å². The van der Waals surface area contributed by atoms with Gasteiger partial charge in [0, 0.05) is 9.80 Å². The zero-order valence-corrected chi connectivity index (χ0v) is 11.6. The lowest BCUT2D eigenvalue weighted by molar-refractivity contribution is 0.579. The van der Waals surface area contributed by atoms with Crippen LogP contribution in [-0.4, -0.2) is 5.33 Å². The Labute approximate surface area is 102 Å². The molecule has 2 unspecified atom stereocenters. The number of benzene rings is 1. The van der Waals surface area contributed by atoms with Crippen molar-refractivity contribution in [2.75, 3.05) is 5.33 Å². The number of hydrogen-bond acceptors (Lipinski definition) is 0. The molecule has 0 N–H and O–H groups in total. The number of rotatable bonds is 2. The molecule has 1 aliphatic rings. The second kappa shape index (κ2) is 3.64. The molecular formula is C12H14Br2. The van der Waals surface area contributed by atoms with Crippen molar-refractivity contribution in [1.82, 2.24) is 0 Å². The number of alkyl halides is 1. The molecule has 1 fully saturated rings. The smallest absolute Gasteiger partial charge is 0.0210 e. The van der Waals surface area contributed by atoms with Crippen LogP contribution in [0.25, 0.3) is 0 Å². The molecule has 2 heteroatoms. The summed E-state index contributed by atoms with van der Waals surface area (Å²) in [5, 5.41) is 1.10. The van der Waals surface area contributed by atoms with Crippen LogP contribution in [0.4, 0.5) is 0 Å². The van der Waals surface area contributed by atoms with Crippen molar-refractivity contribution in [3.05, 3.63) is 34.3 Å². The van der Waals surface area contributed by atoms with Crippen molar-refractivity contribution >= 4 is 31.9 Å². The Kier molecular flexibility index (Phi) is 2.78. The molecule has 0 radical (unpaired) electrons. The molecule has 2 rings (SSSR count). The molecule has 0 amide bonds. The quantitative estimate of drug-likeness (QED) is 0.700. The first kappa shape index (κ1) is 10.7. The van der Waals surface area contributed by atoms with Gasteiger partial charge in [0.2, 0.25) is 0 Å². The topological polar surface area (TPSA) is 0 Å². The first-order chi connectivity index (χ1) is 6.59. The van der Waals surface area contributed by atoms with Crippen LogP contribution in [0.5, 0.6) is 0 Å². The van der Waals surface area contributed by atoms with Crippen LogP contribution in [-0.2, 0) is 0 Å². The fourth-order valence-electron chi connectivity index (χ4n) is 2.38. The van der Waals surface area contributed by atoms with Crippen molar-refractivity contribution in [3.8, 4) is 0 Å². The first-order valence-electron chi connectivity index (χ1n) is 4.89. The van der Waals surface area contributed by atoms with E-state index < -0.39 is 0 Å². The van der Waals surface area contributed by atoms with E-state index in [0.29, 0.717) is 11.3 Å². The van der Waals surface area contributed by atoms with Gasteiger partial charge in [-0.25, -0.2) is 0 Å². The van der Waals surface area contributed by atoms with E-state index in [-0.39, 0.29) is 0 Å². The lowest BCUT2D eigenvalue weighted by atomic mass is 10.0. The normalized spacial score (nSPS) is 28.9. The average Bonchev–Trinajstić information content (AvgIpc) is 2.69. The highest BCUT2D eigenvalue weighted by Crippen LogP contribution is 2.65. The van der Waals surface area contributed by atoms with Gasteiger partial charge in [0.05, 0.1) is 0 Å². The van der Waals surface area contributed by atoms with E-state index in [0.717, 1.165) is 11.2 Å². The largest absolute Gasteiger partial charge is 0.0925 e. The van der Waals surface area contributed by atoms with Crippen molar-refractivity contribution in [2.45, 2.75) is 19.8 Å². The van der Waals surface area contributed by atoms with Gasteiger partial charge in [0.25, 0.3) is 0 Å². The van der Waals surface area contributed by atoms with E-state index in [9.17, 15) is 0 Å². The van der Waals surface area contributed by atoms with Crippen molar-refractivity contribution in [3.63, 3.8) is 0 Å². The van der Waals surface area contributed by atoms with Crippen LogP contribution < -0.4 is 0 Å². The molecule has 76 valence electrons. The fourth-order valence-corrected chi connectivity index (χ4v) is 4.12. The summed E-state index contributed by atoms with van der Waals surface area (Å²) < 4.78 is 1.25. The Bertz CT molecular complexity index is 344. The predicted octanol–water partition coefficient (Wildman–Crippen LogP) is 4.58. The van der Waals surface area contributed by atoms with Gasteiger partial charge >= 0.3 is 0 Å². The zero-order chi connectivity index (χ0) is 10.3. The molecule has 1 saturated carbocycles. The van der Waals surface area contributed by atoms with Gasteiger partial charge in [-0.3, -0.25) is 0 Å². The Morgan fingerprint density at radius 1 is 1.29 bits per heavy atom. The van der Waals surface area contributed by atoms with Gasteiger partial charge < -0.3 is 0 Å². The molecule has 0 spiro atoms. The highest BCUT2D eigenvalue weighted by Gasteiger charge is 2.57. The number of hydrogen-bond donors (Lipinski definition) is 0.